The quantitative estimate of drug-likeness (QED) is 0.665. The number of hydrogen-bond acceptors (Lipinski definition) is 1. The van der Waals surface area contributed by atoms with Crippen molar-refractivity contribution in [2.75, 3.05) is 20.6 Å². The van der Waals surface area contributed by atoms with Crippen molar-refractivity contribution in [1.29, 1.82) is 0 Å². The van der Waals surface area contributed by atoms with E-state index in [2.05, 4.69) is 54.9 Å². The summed E-state index contributed by atoms with van der Waals surface area (Å²) < 4.78 is 0. The van der Waals surface area contributed by atoms with Crippen LogP contribution in [-0.2, 0) is 0 Å². The van der Waals surface area contributed by atoms with Crippen molar-refractivity contribution in [3.8, 4) is 11.8 Å². The van der Waals surface area contributed by atoms with Gasteiger partial charge in [-0.2, -0.15) is 0 Å². The number of hydrogen-bond donors (Lipinski definition) is 0. The molecule has 0 spiro atoms. The van der Waals surface area contributed by atoms with E-state index in [1.165, 1.54) is 5.56 Å². The first kappa shape index (κ1) is 11.8. The third-order valence-electron chi connectivity index (χ3n) is 2.21. The van der Waals surface area contributed by atoms with Crippen LogP contribution < -0.4 is 0 Å². The van der Waals surface area contributed by atoms with Crippen molar-refractivity contribution in [3.63, 3.8) is 0 Å². The van der Waals surface area contributed by atoms with Crippen LogP contribution in [0.1, 0.15) is 30.9 Å². The van der Waals surface area contributed by atoms with E-state index in [4.69, 9.17) is 0 Å². The summed E-state index contributed by atoms with van der Waals surface area (Å²) in [5.41, 5.74) is 2.47. The van der Waals surface area contributed by atoms with Gasteiger partial charge in [-0.05, 0) is 37.7 Å². The lowest BCUT2D eigenvalue weighted by atomic mass is 10.0. The van der Waals surface area contributed by atoms with E-state index in [1.807, 2.05) is 14.1 Å². The zero-order valence-electron chi connectivity index (χ0n) is 10.0. The molecule has 0 aliphatic heterocycles. The third-order valence-corrected chi connectivity index (χ3v) is 2.21. The van der Waals surface area contributed by atoms with Crippen molar-refractivity contribution in [1.82, 2.24) is 4.90 Å². The molecule has 0 bridgehead atoms. The van der Waals surface area contributed by atoms with Crippen LogP contribution in [0.25, 0.3) is 0 Å². The average molecular weight is 201 g/mol. The van der Waals surface area contributed by atoms with E-state index >= 15 is 0 Å². The highest BCUT2D eigenvalue weighted by Crippen LogP contribution is 2.13. The molecule has 0 radical (unpaired) electrons. The minimum Gasteiger partial charge on any atom is -0.299 e. The predicted octanol–water partition coefficient (Wildman–Crippen LogP) is 2.72. The van der Waals surface area contributed by atoms with Gasteiger partial charge in [-0.15, -0.1) is 0 Å². The molecule has 0 amide bonds. The fraction of sp³-hybridized carbons (Fsp3) is 0.429. The molecule has 0 unspecified atom stereocenters. The number of nitrogens with zero attached hydrogens (tertiary/aromatic N) is 1. The molecule has 1 aromatic carbocycles. The van der Waals surface area contributed by atoms with Gasteiger partial charge in [-0.1, -0.05) is 37.8 Å². The summed E-state index contributed by atoms with van der Waals surface area (Å²) in [7, 11) is 4.05. The molecule has 1 heteroatoms. The van der Waals surface area contributed by atoms with Gasteiger partial charge in [-0.3, -0.25) is 4.90 Å². The van der Waals surface area contributed by atoms with E-state index in [-0.39, 0.29) is 0 Å². The van der Waals surface area contributed by atoms with Crippen LogP contribution in [0.4, 0.5) is 0 Å². The molecule has 0 aliphatic rings. The Morgan fingerprint density at radius 2 is 1.73 bits per heavy atom. The van der Waals surface area contributed by atoms with Gasteiger partial charge in [0.25, 0.3) is 0 Å². The molecule has 15 heavy (non-hydrogen) atoms. The van der Waals surface area contributed by atoms with Crippen LogP contribution in [0.15, 0.2) is 24.3 Å². The molecule has 0 fully saturated rings. The van der Waals surface area contributed by atoms with E-state index in [0.717, 1.165) is 12.1 Å². The summed E-state index contributed by atoms with van der Waals surface area (Å²) in [6.45, 7) is 5.21. The molecule has 1 aromatic rings. The average Bonchev–Trinajstić information content (AvgIpc) is 2.18. The van der Waals surface area contributed by atoms with Crippen LogP contribution in [0.3, 0.4) is 0 Å². The van der Waals surface area contributed by atoms with Crippen molar-refractivity contribution in [2.24, 2.45) is 0 Å². The predicted molar refractivity (Wildman–Crippen MR) is 66.0 cm³/mol. The maximum absolute atomic E-state index is 3.15. The summed E-state index contributed by atoms with van der Waals surface area (Å²) >= 11 is 0. The molecule has 0 aliphatic carbocycles. The normalized spacial score (nSPS) is 10.3. The Hall–Kier alpha value is -1.26. The Bertz CT molecular complexity index is 349. The van der Waals surface area contributed by atoms with Crippen molar-refractivity contribution in [3.05, 3.63) is 35.4 Å². The fourth-order valence-corrected chi connectivity index (χ4v) is 1.25. The lowest BCUT2D eigenvalue weighted by Crippen LogP contribution is -2.10. The second kappa shape index (κ2) is 5.58. The molecule has 0 saturated carbocycles. The fourth-order valence-electron chi connectivity index (χ4n) is 1.25. The van der Waals surface area contributed by atoms with Gasteiger partial charge in [0.15, 0.2) is 0 Å². The Labute approximate surface area is 93.1 Å². The van der Waals surface area contributed by atoms with Crippen molar-refractivity contribution in [2.45, 2.75) is 19.8 Å². The van der Waals surface area contributed by atoms with Gasteiger partial charge in [0.05, 0.1) is 6.54 Å². The lowest BCUT2D eigenvalue weighted by molar-refractivity contribution is 0.464. The Morgan fingerprint density at radius 1 is 1.13 bits per heavy atom. The van der Waals surface area contributed by atoms with E-state index in [1.54, 1.807) is 0 Å². The van der Waals surface area contributed by atoms with Gasteiger partial charge < -0.3 is 0 Å². The van der Waals surface area contributed by atoms with Gasteiger partial charge in [0, 0.05) is 5.56 Å². The zero-order chi connectivity index (χ0) is 11.3. The van der Waals surface area contributed by atoms with E-state index < -0.39 is 0 Å². The molecule has 0 atom stereocenters. The van der Waals surface area contributed by atoms with Gasteiger partial charge in [0.1, 0.15) is 0 Å². The molecule has 0 N–H and O–H groups in total. The van der Waals surface area contributed by atoms with Crippen molar-refractivity contribution < 1.29 is 0 Å². The summed E-state index contributed by atoms with van der Waals surface area (Å²) in [6, 6.07) is 8.50. The lowest BCUT2D eigenvalue weighted by Gasteiger charge is -2.04. The highest BCUT2D eigenvalue weighted by Gasteiger charge is 1.96. The highest BCUT2D eigenvalue weighted by molar-refractivity contribution is 5.37. The van der Waals surface area contributed by atoms with Crippen LogP contribution in [0, 0.1) is 11.8 Å². The summed E-state index contributed by atoms with van der Waals surface area (Å²) in [5, 5.41) is 0. The van der Waals surface area contributed by atoms with Gasteiger partial charge in [0.2, 0.25) is 0 Å². The molecule has 0 saturated heterocycles. The summed E-state index contributed by atoms with van der Waals surface area (Å²) in [6.07, 6.45) is 0. The van der Waals surface area contributed by atoms with E-state index in [9.17, 15) is 0 Å². The molecule has 1 rings (SSSR count). The van der Waals surface area contributed by atoms with Crippen molar-refractivity contribution >= 4 is 0 Å². The smallest absolute Gasteiger partial charge is 0.0600 e. The number of benzene rings is 1. The van der Waals surface area contributed by atoms with Crippen LogP contribution in [0.2, 0.25) is 0 Å². The summed E-state index contributed by atoms with van der Waals surface area (Å²) in [5.74, 6) is 6.87. The number of rotatable bonds is 2. The Balaban J connectivity index is 2.67. The van der Waals surface area contributed by atoms with Gasteiger partial charge in [-0.25, -0.2) is 0 Å². The molecule has 0 aromatic heterocycles. The van der Waals surface area contributed by atoms with Gasteiger partial charge >= 0.3 is 0 Å². The second-order valence-corrected chi connectivity index (χ2v) is 4.32. The summed E-state index contributed by atoms with van der Waals surface area (Å²) in [4.78, 5) is 2.06. The maximum Gasteiger partial charge on any atom is 0.0600 e. The molecule has 1 nitrogen and oxygen atoms in total. The molecule has 0 heterocycles. The van der Waals surface area contributed by atoms with E-state index in [0.29, 0.717) is 5.92 Å². The highest BCUT2D eigenvalue weighted by atomic mass is 15.0. The molecule has 80 valence electrons. The standard InChI is InChI=1S/C14H19N/c1-12(2)14-9-7-13(8-10-14)6-5-11-15(3)4/h7-10,12H,11H2,1-4H3. The maximum atomic E-state index is 3.15. The van der Waals surface area contributed by atoms with Crippen LogP contribution in [-0.4, -0.2) is 25.5 Å². The zero-order valence-corrected chi connectivity index (χ0v) is 10.0. The Kier molecular flexibility index (Phi) is 4.39. The van der Waals surface area contributed by atoms with Crippen LogP contribution in [0.5, 0.6) is 0 Å². The molecular formula is C14H19N. The van der Waals surface area contributed by atoms with Crippen LogP contribution >= 0.6 is 0 Å². The minimum absolute atomic E-state index is 0.591. The minimum atomic E-state index is 0.591. The first-order valence-corrected chi connectivity index (χ1v) is 5.33. The first-order chi connectivity index (χ1) is 7.09. The monoisotopic (exact) mass is 201 g/mol. The largest absolute Gasteiger partial charge is 0.299 e. The SMILES string of the molecule is CC(C)c1ccc(C#CCN(C)C)cc1. The second-order valence-electron chi connectivity index (χ2n) is 4.32. The first-order valence-electron chi connectivity index (χ1n) is 5.33. The molecular weight excluding hydrogens is 182 g/mol. The third kappa shape index (κ3) is 4.18. The topological polar surface area (TPSA) is 3.24 Å². The Morgan fingerprint density at radius 3 is 2.20 bits per heavy atom.